The first-order chi connectivity index (χ1) is 7.95. The van der Waals surface area contributed by atoms with Crippen molar-refractivity contribution in [3.05, 3.63) is 35.4 Å². The number of amides is 1. The smallest absolute Gasteiger partial charge is 0.353 e. The number of rotatable bonds is 3. The number of carbonyl (C=O) groups excluding carboxylic acids is 1. The SMILES string of the molecule is O=C(Cc1ccc(C(F)(F)F)cc1)NC1CC1. The van der Waals surface area contributed by atoms with E-state index in [2.05, 4.69) is 5.32 Å². The molecule has 0 bridgehead atoms. The second-order valence-electron chi connectivity index (χ2n) is 4.21. The molecule has 0 aliphatic heterocycles. The topological polar surface area (TPSA) is 29.1 Å². The minimum atomic E-state index is -4.32. The Morgan fingerprint density at radius 3 is 2.29 bits per heavy atom. The van der Waals surface area contributed by atoms with Gasteiger partial charge in [-0.15, -0.1) is 0 Å². The monoisotopic (exact) mass is 243 g/mol. The van der Waals surface area contributed by atoms with Crippen molar-refractivity contribution in [1.29, 1.82) is 0 Å². The molecule has 17 heavy (non-hydrogen) atoms. The largest absolute Gasteiger partial charge is 0.416 e. The fraction of sp³-hybridized carbons (Fsp3) is 0.417. The zero-order chi connectivity index (χ0) is 12.5. The summed E-state index contributed by atoms with van der Waals surface area (Å²) >= 11 is 0. The third-order valence-electron chi connectivity index (χ3n) is 2.59. The Morgan fingerprint density at radius 1 is 1.24 bits per heavy atom. The summed E-state index contributed by atoms with van der Waals surface area (Å²) in [6.45, 7) is 0. The average Bonchev–Trinajstić information content (AvgIpc) is 3.01. The number of hydrogen-bond acceptors (Lipinski definition) is 1. The molecule has 1 saturated carbocycles. The molecule has 0 saturated heterocycles. The van der Waals surface area contributed by atoms with Crippen molar-refractivity contribution in [2.75, 3.05) is 0 Å². The number of alkyl halides is 3. The van der Waals surface area contributed by atoms with Crippen molar-refractivity contribution >= 4 is 5.91 Å². The van der Waals surface area contributed by atoms with Gasteiger partial charge in [0.25, 0.3) is 0 Å². The van der Waals surface area contributed by atoms with Crippen molar-refractivity contribution in [3.63, 3.8) is 0 Å². The predicted molar refractivity (Wildman–Crippen MR) is 56.3 cm³/mol. The van der Waals surface area contributed by atoms with Crippen LogP contribution < -0.4 is 5.32 Å². The Morgan fingerprint density at radius 2 is 1.82 bits per heavy atom. The molecule has 0 unspecified atom stereocenters. The van der Waals surface area contributed by atoms with Crippen LogP contribution in [0.4, 0.5) is 13.2 Å². The fourth-order valence-corrected chi connectivity index (χ4v) is 1.50. The summed E-state index contributed by atoms with van der Waals surface area (Å²) in [7, 11) is 0. The summed E-state index contributed by atoms with van der Waals surface area (Å²) in [4.78, 5) is 11.4. The summed E-state index contributed by atoms with van der Waals surface area (Å²) in [5.41, 5.74) is -0.0972. The molecule has 2 nitrogen and oxygen atoms in total. The van der Waals surface area contributed by atoms with Gasteiger partial charge in [-0.25, -0.2) is 0 Å². The molecular formula is C12H12F3NO. The Bertz CT molecular complexity index is 407. The van der Waals surface area contributed by atoms with E-state index in [0.717, 1.165) is 25.0 Å². The second-order valence-corrected chi connectivity index (χ2v) is 4.21. The van der Waals surface area contributed by atoms with Gasteiger partial charge in [0.1, 0.15) is 0 Å². The van der Waals surface area contributed by atoms with Gasteiger partial charge in [0, 0.05) is 6.04 Å². The van der Waals surface area contributed by atoms with E-state index in [1.807, 2.05) is 0 Å². The highest BCUT2D eigenvalue weighted by atomic mass is 19.4. The molecule has 1 N–H and O–H groups in total. The van der Waals surface area contributed by atoms with Gasteiger partial charge in [-0.2, -0.15) is 13.2 Å². The van der Waals surface area contributed by atoms with E-state index in [1.54, 1.807) is 0 Å². The molecule has 5 heteroatoms. The molecule has 0 atom stereocenters. The van der Waals surface area contributed by atoms with Crippen molar-refractivity contribution in [1.82, 2.24) is 5.32 Å². The molecule has 1 aliphatic rings. The van der Waals surface area contributed by atoms with Crippen LogP contribution in [-0.4, -0.2) is 11.9 Å². The van der Waals surface area contributed by atoms with Crippen LogP contribution in [0.5, 0.6) is 0 Å². The highest BCUT2D eigenvalue weighted by Gasteiger charge is 2.30. The Hall–Kier alpha value is -1.52. The van der Waals surface area contributed by atoms with Crippen molar-refractivity contribution < 1.29 is 18.0 Å². The van der Waals surface area contributed by atoms with Gasteiger partial charge < -0.3 is 5.32 Å². The highest BCUT2D eigenvalue weighted by Crippen LogP contribution is 2.29. The predicted octanol–water partition coefficient (Wildman–Crippen LogP) is 2.53. The lowest BCUT2D eigenvalue weighted by Crippen LogP contribution is -2.26. The van der Waals surface area contributed by atoms with Crippen LogP contribution in [0.25, 0.3) is 0 Å². The van der Waals surface area contributed by atoms with Crippen LogP contribution in [0.1, 0.15) is 24.0 Å². The maximum atomic E-state index is 12.3. The molecule has 0 aromatic heterocycles. The number of carbonyl (C=O) groups is 1. The van der Waals surface area contributed by atoms with Crippen molar-refractivity contribution in [2.45, 2.75) is 31.5 Å². The minimum absolute atomic E-state index is 0.132. The summed E-state index contributed by atoms with van der Waals surface area (Å²) in [5, 5.41) is 2.79. The molecule has 0 spiro atoms. The third-order valence-corrected chi connectivity index (χ3v) is 2.59. The highest BCUT2D eigenvalue weighted by molar-refractivity contribution is 5.79. The van der Waals surface area contributed by atoms with Crippen molar-refractivity contribution in [3.8, 4) is 0 Å². The zero-order valence-electron chi connectivity index (χ0n) is 9.05. The van der Waals surface area contributed by atoms with Gasteiger partial charge >= 0.3 is 6.18 Å². The van der Waals surface area contributed by atoms with E-state index in [4.69, 9.17) is 0 Å². The van der Waals surface area contributed by atoms with Gasteiger partial charge in [-0.05, 0) is 30.5 Å². The lowest BCUT2D eigenvalue weighted by atomic mass is 10.1. The molecule has 1 fully saturated rings. The van der Waals surface area contributed by atoms with Crippen LogP contribution in [0.3, 0.4) is 0 Å². The van der Waals surface area contributed by atoms with Crippen LogP contribution in [0, 0.1) is 0 Å². The van der Waals surface area contributed by atoms with Gasteiger partial charge in [-0.1, -0.05) is 12.1 Å². The lowest BCUT2D eigenvalue weighted by Gasteiger charge is -2.07. The Labute approximate surface area is 96.8 Å². The van der Waals surface area contributed by atoms with E-state index < -0.39 is 11.7 Å². The number of hydrogen-bond donors (Lipinski definition) is 1. The standard InChI is InChI=1S/C12H12F3NO/c13-12(14,15)9-3-1-8(2-4-9)7-11(17)16-10-5-6-10/h1-4,10H,5-7H2,(H,16,17). The van der Waals surface area contributed by atoms with E-state index in [9.17, 15) is 18.0 Å². The van der Waals surface area contributed by atoms with E-state index in [0.29, 0.717) is 5.56 Å². The molecular weight excluding hydrogens is 231 g/mol. The van der Waals surface area contributed by atoms with Gasteiger partial charge in [0.05, 0.1) is 12.0 Å². The Kier molecular flexibility index (Phi) is 3.09. The van der Waals surface area contributed by atoms with Gasteiger partial charge in [0.15, 0.2) is 0 Å². The zero-order valence-corrected chi connectivity index (χ0v) is 9.05. The molecule has 1 aromatic rings. The minimum Gasteiger partial charge on any atom is -0.353 e. The van der Waals surface area contributed by atoms with E-state index >= 15 is 0 Å². The van der Waals surface area contributed by atoms with Gasteiger partial charge in [0.2, 0.25) is 5.91 Å². The quantitative estimate of drug-likeness (QED) is 0.868. The number of benzene rings is 1. The molecule has 1 aliphatic carbocycles. The van der Waals surface area contributed by atoms with Crippen LogP contribution in [0.2, 0.25) is 0 Å². The maximum Gasteiger partial charge on any atom is 0.416 e. The van der Waals surface area contributed by atoms with E-state index in [-0.39, 0.29) is 18.4 Å². The summed E-state index contributed by atoms with van der Waals surface area (Å²) in [5.74, 6) is -0.132. The summed E-state index contributed by atoms with van der Waals surface area (Å²) < 4.78 is 36.8. The average molecular weight is 243 g/mol. The summed E-state index contributed by atoms with van der Waals surface area (Å²) in [6.07, 6.45) is -2.19. The normalized spacial score (nSPS) is 15.7. The summed E-state index contributed by atoms with van der Waals surface area (Å²) in [6, 6.07) is 4.96. The second kappa shape index (κ2) is 4.39. The lowest BCUT2D eigenvalue weighted by molar-refractivity contribution is -0.137. The molecule has 92 valence electrons. The maximum absolute atomic E-state index is 12.3. The third kappa shape index (κ3) is 3.47. The molecule has 2 rings (SSSR count). The van der Waals surface area contributed by atoms with Crippen LogP contribution in [-0.2, 0) is 17.4 Å². The molecule has 0 heterocycles. The van der Waals surface area contributed by atoms with Crippen LogP contribution >= 0.6 is 0 Å². The molecule has 1 amide bonds. The van der Waals surface area contributed by atoms with Crippen LogP contribution in [0.15, 0.2) is 24.3 Å². The van der Waals surface area contributed by atoms with Gasteiger partial charge in [-0.3, -0.25) is 4.79 Å². The number of nitrogens with one attached hydrogen (secondary N) is 1. The first-order valence-electron chi connectivity index (χ1n) is 5.40. The number of halogens is 3. The first-order valence-corrected chi connectivity index (χ1v) is 5.40. The van der Waals surface area contributed by atoms with Crippen molar-refractivity contribution in [2.24, 2.45) is 0 Å². The Balaban J connectivity index is 1.95. The molecule has 0 radical (unpaired) electrons. The molecule has 1 aromatic carbocycles. The van der Waals surface area contributed by atoms with E-state index in [1.165, 1.54) is 12.1 Å². The first kappa shape index (κ1) is 12.0. The fourth-order valence-electron chi connectivity index (χ4n) is 1.50.